The van der Waals surface area contributed by atoms with Gasteiger partial charge in [0, 0.05) is 41.6 Å². The average Bonchev–Trinajstić information content (AvgIpc) is 2.51. The summed E-state index contributed by atoms with van der Waals surface area (Å²) in [5.74, 6) is 0.733. The molecule has 1 aromatic heterocycles. The molecule has 0 bridgehead atoms. The van der Waals surface area contributed by atoms with Gasteiger partial charge >= 0.3 is 0 Å². The van der Waals surface area contributed by atoms with E-state index < -0.39 is 10.8 Å². The van der Waals surface area contributed by atoms with Crippen molar-refractivity contribution in [1.29, 1.82) is 0 Å². The van der Waals surface area contributed by atoms with Gasteiger partial charge in [0.2, 0.25) is 0 Å². The van der Waals surface area contributed by atoms with E-state index in [1.54, 1.807) is 18.8 Å². The number of aryl methyl sites for hydroxylation is 1. The number of hydrogen-bond donors (Lipinski definition) is 1. The Morgan fingerprint density at radius 1 is 1.71 bits per heavy atom. The van der Waals surface area contributed by atoms with Crippen LogP contribution in [0, 0.1) is 0 Å². The van der Waals surface area contributed by atoms with Crippen molar-refractivity contribution in [3.63, 3.8) is 0 Å². The molecule has 0 saturated carbocycles. The quantitative estimate of drug-likeness (QED) is 0.785. The molecule has 0 saturated heterocycles. The van der Waals surface area contributed by atoms with Crippen molar-refractivity contribution in [2.75, 3.05) is 12.0 Å². The molecule has 0 amide bonds. The summed E-state index contributed by atoms with van der Waals surface area (Å²) in [7, 11) is -0.709. The highest BCUT2D eigenvalue weighted by atomic mass is 32.2. The highest BCUT2D eigenvalue weighted by Gasteiger charge is 2.05. The van der Waals surface area contributed by atoms with E-state index in [-0.39, 0.29) is 6.04 Å². The lowest BCUT2D eigenvalue weighted by atomic mass is 10.2. The first-order valence-electron chi connectivity index (χ1n) is 4.67. The molecule has 0 spiro atoms. The molecule has 4 nitrogen and oxygen atoms in total. The summed E-state index contributed by atoms with van der Waals surface area (Å²) >= 11 is 0. The van der Waals surface area contributed by atoms with Gasteiger partial charge in [-0.3, -0.25) is 4.21 Å². The lowest BCUT2D eigenvalue weighted by Crippen LogP contribution is -2.12. The molecule has 2 N–H and O–H groups in total. The van der Waals surface area contributed by atoms with Crippen LogP contribution in [0.3, 0.4) is 0 Å². The van der Waals surface area contributed by atoms with Crippen molar-refractivity contribution >= 4 is 10.8 Å². The second-order valence-electron chi connectivity index (χ2n) is 3.43. The Morgan fingerprint density at radius 2 is 2.43 bits per heavy atom. The fraction of sp³-hybridized carbons (Fsp3) is 0.667. The Bertz CT molecular complexity index is 309. The van der Waals surface area contributed by atoms with Crippen LogP contribution in [0.5, 0.6) is 0 Å². The van der Waals surface area contributed by atoms with Crippen LogP contribution in [0.2, 0.25) is 0 Å². The number of imidazole rings is 1. The van der Waals surface area contributed by atoms with Gasteiger partial charge in [-0.1, -0.05) is 0 Å². The van der Waals surface area contributed by atoms with Gasteiger partial charge in [-0.2, -0.15) is 0 Å². The number of nitrogens with zero attached hydrogens (tertiary/aromatic N) is 2. The fourth-order valence-corrected chi connectivity index (χ4v) is 1.87. The van der Waals surface area contributed by atoms with Gasteiger partial charge in [-0.05, 0) is 13.3 Å². The summed E-state index contributed by atoms with van der Waals surface area (Å²) < 4.78 is 12.9. The maximum Gasteiger partial charge on any atom is 0.0948 e. The van der Waals surface area contributed by atoms with Gasteiger partial charge in [0.25, 0.3) is 0 Å². The number of hydrogen-bond acceptors (Lipinski definition) is 3. The van der Waals surface area contributed by atoms with E-state index in [0.717, 1.165) is 24.4 Å². The van der Waals surface area contributed by atoms with Crippen molar-refractivity contribution in [2.45, 2.75) is 25.9 Å². The molecule has 5 heteroatoms. The molecular formula is C9H17N3OS. The number of rotatable bonds is 5. The van der Waals surface area contributed by atoms with Crippen LogP contribution in [0.25, 0.3) is 0 Å². The van der Waals surface area contributed by atoms with Crippen molar-refractivity contribution in [1.82, 2.24) is 9.55 Å². The molecule has 0 fully saturated rings. The summed E-state index contributed by atoms with van der Waals surface area (Å²) in [6.45, 7) is 2.78. The summed E-state index contributed by atoms with van der Waals surface area (Å²) in [6, 6.07) is 0.00428. The van der Waals surface area contributed by atoms with Crippen LogP contribution in [0.15, 0.2) is 12.5 Å². The van der Waals surface area contributed by atoms with E-state index in [1.807, 2.05) is 11.5 Å². The molecule has 80 valence electrons. The summed E-state index contributed by atoms with van der Waals surface area (Å²) in [4.78, 5) is 4.05. The minimum absolute atomic E-state index is 0.00428. The topological polar surface area (TPSA) is 60.9 Å². The molecule has 1 unspecified atom stereocenters. The normalized spacial score (nSPS) is 15.4. The molecule has 1 aromatic rings. The van der Waals surface area contributed by atoms with Gasteiger partial charge in [-0.15, -0.1) is 0 Å². The third-order valence-corrected chi connectivity index (χ3v) is 2.91. The van der Waals surface area contributed by atoms with E-state index in [1.165, 1.54) is 0 Å². The first-order valence-corrected chi connectivity index (χ1v) is 6.39. The molecule has 1 rings (SSSR count). The lowest BCUT2D eigenvalue weighted by Gasteiger charge is -2.09. The molecule has 14 heavy (non-hydrogen) atoms. The lowest BCUT2D eigenvalue weighted by molar-refractivity contribution is 0.612. The molecule has 2 atom stereocenters. The summed E-state index contributed by atoms with van der Waals surface area (Å²) in [5.41, 5.74) is 6.80. The molecule has 0 aliphatic carbocycles. The van der Waals surface area contributed by atoms with E-state index in [9.17, 15) is 4.21 Å². The maximum atomic E-state index is 10.9. The van der Waals surface area contributed by atoms with Crippen LogP contribution in [0.4, 0.5) is 0 Å². The first kappa shape index (κ1) is 11.4. The number of aromatic nitrogens is 2. The van der Waals surface area contributed by atoms with E-state index in [2.05, 4.69) is 4.98 Å². The Labute approximate surface area is 87.0 Å². The maximum absolute atomic E-state index is 10.9. The zero-order valence-corrected chi connectivity index (χ0v) is 9.46. The van der Waals surface area contributed by atoms with Gasteiger partial charge in [0.15, 0.2) is 0 Å². The third-order valence-electron chi connectivity index (χ3n) is 2.04. The molecule has 0 aliphatic rings. The fourth-order valence-electron chi connectivity index (χ4n) is 1.34. The minimum Gasteiger partial charge on any atom is -0.333 e. The predicted octanol–water partition coefficient (Wildman–Crippen LogP) is 0.671. The number of nitrogens with two attached hydrogens (primary N) is 1. The first-order chi connectivity index (χ1) is 6.61. The molecule has 1 heterocycles. The largest absolute Gasteiger partial charge is 0.333 e. The Morgan fingerprint density at radius 3 is 3.00 bits per heavy atom. The van der Waals surface area contributed by atoms with Gasteiger partial charge < -0.3 is 10.3 Å². The van der Waals surface area contributed by atoms with Crippen LogP contribution >= 0.6 is 0 Å². The smallest absolute Gasteiger partial charge is 0.0948 e. The highest BCUT2D eigenvalue weighted by molar-refractivity contribution is 7.84. The van der Waals surface area contributed by atoms with Crippen LogP contribution in [0.1, 0.15) is 25.1 Å². The second-order valence-corrected chi connectivity index (χ2v) is 4.99. The van der Waals surface area contributed by atoms with Crippen molar-refractivity contribution < 1.29 is 4.21 Å². The van der Waals surface area contributed by atoms with Crippen molar-refractivity contribution in [3.8, 4) is 0 Å². The van der Waals surface area contributed by atoms with Crippen LogP contribution < -0.4 is 5.73 Å². The highest BCUT2D eigenvalue weighted by Crippen LogP contribution is 2.08. The molecule has 0 radical (unpaired) electrons. The SMILES string of the molecule is C[C@@H](N)c1cncn1CCCS(C)=O. The third kappa shape index (κ3) is 3.23. The van der Waals surface area contributed by atoms with Gasteiger partial charge in [-0.25, -0.2) is 4.98 Å². The van der Waals surface area contributed by atoms with Crippen molar-refractivity contribution in [2.24, 2.45) is 5.73 Å². The van der Waals surface area contributed by atoms with Gasteiger partial charge in [0.05, 0.1) is 12.0 Å². The van der Waals surface area contributed by atoms with Crippen molar-refractivity contribution in [3.05, 3.63) is 18.2 Å². The van der Waals surface area contributed by atoms with E-state index >= 15 is 0 Å². The Balaban J connectivity index is 2.50. The van der Waals surface area contributed by atoms with E-state index in [0.29, 0.717) is 0 Å². The van der Waals surface area contributed by atoms with Crippen LogP contribution in [-0.2, 0) is 17.3 Å². The van der Waals surface area contributed by atoms with Crippen LogP contribution in [-0.4, -0.2) is 25.8 Å². The predicted molar refractivity (Wildman–Crippen MR) is 58.4 cm³/mol. The summed E-state index contributed by atoms with van der Waals surface area (Å²) in [6.07, 6.45) is 6.18. The Kier molecular flexibility index (Phi) is 4.28. The minimum atomic E-state index is -0.709. The zero-order chi connectivity index (χ0) is 10.6. The average molecular weight is 215 g/mol. The second kappa shape index (κ2) is 5.26. The molecule has 0 aliphatic heterocycles. The standard InChI is InChI=1S/C9H17N3OS/c1-8(10)9-6-11-7-12(9)4-3-5-14(2)13/h6-8H,3-5,10H2,1-2H3/t8-,14?/m1/s1. The zero-order valence-electron chi connectivity index (χ0n) is 8.64. The molecule has 0 aromatic carbocycles. The monoisotopic (exact) mass is 215 g/mol. The summed E-state index contributed by atoms with van der Waals surface area (Å²) in [5, 5.41) is 0. The van der Waals surface area contributed by atoms with E-state index in [4.69, 9.17) is 5.73 Å². The molecular weight excluding hydrogens is 198 g/mol. The van der Waals surface area contributed by atoms with Gasteiger partial charge in [0.1, 0.15) is 0 Å². The Hall–Kier alpha value is -0.680.